The first-order valence-corrected chi connectivity index (χ1v) is 11.1. The van der Waals surface area contributed by atoms with Crippen molar-refractivity contribution in [3.8, 4) is 23.3 Å². The molecule has 1 saturated heterocycles. The Labute approximate surface area is 209 Å². The summed E-state index contributed by atoms with van der Waals surface area (Å²) < 4.78 is 0. The van der Waals surface area contributed by atoms with Crippen molar-refractivity contribution in [2.45, 2.75) is 33.2 Å². The normalized spacial score (nSPS) is 15.3. The van der Waals surface area contributed by atoms with Gasteiger partial charge in [0.25, 0.3) is 5.91 Å². The number of carbonyl (C=O) groups excluding carboxylic acids is 1. The number of amides is 1. The zero-order valence-corrected chi connectivity index (χ0v) is 20.5. The van der Waals surface area contributed by atoms with E-state index in [9.17, 15) is 20.2 Å². The fourth-order valence-corrected chi connectivity index (χ4v) is 3.62. The number of nitriles is 2. The van der Waals surface area contributed by atoms with Gasteiger partial charge in [0.05, 0.1) is 34.5 Å². The molecular formula is C25H27N9O2. The third-order valence-electron chi connectivity index (χ3n) is 5.98. The van der Waals surface area contributed by atoms with Crippen molar-refractivity contribution < 1.29 is 4.79 Å². The number of nitrogens with zero attached hydrogens (tertiary/aromatic N) is 6. The van der Waals surface area contributed by atoms with Gasteiger partial charge in [-0.15, -0.1) is 0 Å². The third-order valence-corrected chi connectivity index (χ3v) is 5.98. The van der Waals surface area contributed by atoms with E-state index >= 15 is 0 Å². The zero-order valence-electron chi connectivity index (χ0n) is 20.5. The monoisotopic (exact) mass is 485 g/mol. The molecule has 1 aliphatic rings. The second-order valence-electron chi connectivity index (χ2n) is 9.42. The van der Waals surface area contributed by atoms with Crippen molar-refractivity contribution in [3.05, 3.63) is 64.2 Å². The number of aryl methyl sites for hydroxylation is 1. The number of nitroso groups, excluding NO2 is 1. The van der Waals surface area contributed by atoms with E-state index in [0.29, 0.717) is 47.0 Å². The van der Waals surface area contributed by atoms with Gasteiger partial charge >= 0.3 is 0 Å². The maximum atomic E-state index is 12.8. The Morgan fingerprint density at radius 3 is 2.56 bits per heavy atom. The van der Waals surface area contributed by atoms with Crippen LogP contribution in [-0.4, -0.2) is 34.5 Å². The van der Waals surface area contributed by atoms with Gasteiger partial charge in [0.15, 0.2) is 0 Å². The molecule has 0 radical (unpaired) electrons. The minimum Gasteiger partial charge on any atom is -0.404 e. The van der Waals surface area contributed by atoms with Gasteiger partial charge in [-0.25, -0.2) is 4.98 Å². The van der Waals surface area contributed by atoms with Crippen LogP contribution in [0.4, 0.5) is 11.5 Å². The quantitative estimate of drug-likeness (QED) is 0.301. The van der Waals surface area contributed by atoms with Crippen molar-refractivity contribution in [1.82, 2.24) is 9.97 Å². The average Bonchev–Trinajstić information content (AvgIpc) is 2.85. The van der Waals surface area contributed by atoms with Crippen LogP contribution in [0.15, 0.2) is 53.2 Å². The van der Waals surface area contributed by atoms with Crippen molar-refractivity contribution in [1.29, 1.82) is 10.5 Å². The third kappa shape index (κ3) is 5.15. The van der Waals surface area contributed by atoms with Gasteiger partial charge in [0.2, 0.25) is 0 Å². The SMILES string of the molecule is Cc1ncc(NC(=O)C(/C=C(\N)C(C)(C)C#N)=C/N)cc1-c1cnc(N2CC(C)(N=O)C2)c(C#N)c1. The Morgan fingerprint density at radius 2 is 1.97 bits per heavy atom. The topological polar surface area (TPSA) is 187 Å². The number of hydrogen-bond acceptors (Lipinski definition) is 10. The smallest absolute Gasteiger partial charge is 0.257 e. The van der Waals surface area contributed by atoms with E-state index in [4.69, 9.17) is 11.5 Å². The fourth-order valence-electron chi connectivity index (χ4n) is 3.62. The van der Waals surface area contributed by atoms with Gasteiger partial charge in [0.1, 0.15) is 17.4 Å². The summed E-state index contributed by atoms with van der Waals surface area (Å²) in [7, 11) is 0. The molecule has 0 aromatic carbocycles. The van der Waals surface area contributed by atoms with Crippen LogP contribution in [0.5, 0.6) is 0 Å². The summed E-state index contributed by atoms with van der Waals surface area (Å²) in [5.74, 6) is -0.0403. The van der Waals surface area contributed by atoms with E-state index in [1.165, 1.54) is 12.3 Å². The van der Waals surface area contributed by atoms with Crippen LogP contribution in [-0.2, 0) is 4.79 Å². The number of rotatable bonds is 7. The molecule has 0 atom stereocenters. The lowest BCUT2D eigenvalue weighted by Crippen LogP contribution is -2.59. The van der Waals surface area contributed by atoms with Gasteiger partial charge in [-0.1, -0.05) is 5.18 Å². The summed E-state index contributed by atoms with van der Waals surface area (Å²) in [5, 5.41) is 24.8. The molecule has 11 heteroatoms. The molecule has 36 heavy (non-hydrogen) atoms. The Balaban J connectivity index is 1.87. The number of pyridine rings is 2. The molecule has 2 aromatic heterocycles. The summed E-state index contributed by atoms with van der Waals surface area (Å²) in [4.78, 5) is 34.4. The van der Waals surface area contributed by atoms with Crippen molar-refractivity contribution in [3.63, 3.8) is 0 Å². The highest BCUT2D eigenvalue weighted by atomic mass is 16.3. The van der Waals surface area contributed by atoms with E-state index in [1.54, 1.807) is 46.0 Å². The maximum absolute atomic E-state index is 12.8. The van der Waals surface area contributed by atoms with Crippen LogP contribution in [0.1, 0.15) is 32.0 Å². The number of allylic oxidation sites excluding steroid dienone is 1. The molecule has 1 fully saturated rings. The first-order valence-electron chi connectivity index (χ1n) is 11.1. The second kappa shape index (κ2) is 9.84. The molecule has 0 bridgehead atoms. The minimum atomic E-state index is -0.969. The van der Waals surface area contributed by atoms with Gasteiger partial charge < -0.3 is 21.7 Å². The van der Waals surface area contributed by atoms with Crippen molar-refractivity contribution in [2.24, 2.45) is 22.1 Å². The number of aromatic nitrogens is 2. The molecule has 2 aromatic rings. The summed E-state index contributed by atoms with van der Waals surface area (Å²) in [6.45, 7) is 7.61. The second-order valence-corrected chi connectivity index (χ2v) is 9.42. The zero-order chi connectivity index (χ0) is 26.7. The molecule has 5 N–H and O–H groups in total. The molecule has 0 spiro atoms. The molecule has 0 saturated carbocycles. The highest BCUT2D eigenvalue weighted by Gasteiger charge is 2.42. The molecule has 0 unspecified atom stereocenters. The first kappa shape index (κ1) is 25.8. The summed E-state index contributed by atoms with van der Waals surface area (Å²) in [6.07, 6.45) is 5.59. The van der Waals surface area contributed by atoms with E-state index in [1.807, 2.05) is 4.90 Å². The molecule has 184 valence electrons. The highest BCUT2D eigenvalue weighted by Crippen LogP contribution is 2.33. The first-order chi connectivity index (χ1) is 17.0. The Kier molecular flexibility index (Phi) is 7.07. The van der Waals surface area contributed by atoms with Crippen LogP contribution in [0, 0.1) is 39.9 Å². The van der Waals surface area contributed by atoms with Gasteiger partial charge in [-0.05, 0) is 45.9 Å². The van der Waals surface area contributed by atoms with Crippen LogP contribution in [0.25, 0.3) is 11.1 Å². The molecule has 11 nitrogen and oxygen atoms in total. The lowest BCUT2D eigenvalue weighted by molar-refractivity contribution is -0.112. The number of nitrogens with two attached hydrogens (primary N) is 2. The van der Waals surface area contributed by atoms with Crippen molar-refractivity contribution >= 4 is 17.4 Å². The summed E-state index contributed by atoms with van der Waals surface area (Å²) in [6, 6.07) is 7.64. The van der Waals surface area contributed by atoms with Gasteiger partial charge in [0, 0.05) is 48.0 Å². The van der Waals surface area contributed by atoms with Crippen LogP contribution >= 0.6 is 0 Å². The maximum Gasteiger partial charge on any atom is 0.257 e. The lowest BCUT2D eigenvalue weighted by atomic mass is 9.90. The Hall–Kier alpha value is -4.77. The highest BCUT2D eigenvalue weighted by molar-refractivity contribution is 6.06. The Morgan fingerprint density at radius 1 is 1.28 bits per heavy atom. The van der Waals surface area contributed by atoms with Crippen LogP contribution in [0.3, 0.4) is 0 Å². The predicted octanol–water partition coefficient (Wildman–Crippen LogP) is 2.84. The number of carbonyl (C=O) groups is 1. The summed E-state index contributed by atoms with van der Waals surface area (Å²) >= 11 is 0. The van der Waals surface area contributed by atoms with Crippen LogP contribution in [0.2, 0.25) is 0 Å². The van der Waals surface area contributed by atoms with Crippen LogP contribution < -0.4 is 21.7 Å². The standard InChI is InChI=1S/C25H27N9O2/c1-15-20(18-5-16(8-26)22(31-10-18)34-13-25(4,14-34)33-36)7-19(11-30-15)32-23(35)17(9-27)6-21(29)24(2,3)12-28/h5-7,9-11H,13-14,27,29H2,1-4H3,(H,32,35)/b17-9+,21-6-. The van der Waals surface area contributed by atoms with E-state index in [0.717, 1.165) is 6.20 Å². The Bertz CT molecular complexity index is 1360. The average molecular weight is 486 g/mol. The van der Waals surface area contributed by atoms with Gasteiger partial charge in [-0.3, -0.25) is 9.78 Å². The molecule has 0 aliphatic carbocycles. The fraction of sp³-hybridized carbons (Fsp3) is 0.320. The molecule has 1 aliphatic heterocycles. The number of anilines is 2. The molecule has 3 rings (SSSR count). The van der Waals surface area contributed by atoms with E-state index in [-0.39, 0.29) is 11.3 Å². The molecule has 3 heterocycles. The largest absolute Gasteiger partial charge is 0.404 e. The summed E-state index contributed by atoms with van der Waals surface area (Å²) in [5.41, 5.74) is 13.0. The van der Waals surface area contributed by atoms with E-state index < -0.39 is 16.9 Å². The molecule has 1 amide bonds. The van der Waals surface area contributed by atoms with Gasteiger partial charge in [-0.2, -0.15) is 15.4 Å². The predicted molar refractivity (Wildman–Crippen MR) is 136 cm³/mol. The number of nitrogens with one attached hydrogen (secondary N) is 1. The molecular weight excluding hydrogens is 458 g/mol. The minimum absolute atomic E-state index is 0.0853. The van der Waals surface area contributed by atoms with Crippen molar-refractivity contribution in [2.75, 3.05) is 23.3 Å². The number of hydrogen-bond donors (Lipinski definition) is 3. The lowest BCUT2D eigenvalue weighted by Gasteiger charge is -2.43. The van der Waals surface area contributed by atoms with E-state index in [2.05, 4.69) is 32.6 Å².